The summed E-state index contributed by atoms with van der Waals surface area (Å²) >= 11 is 0. The van der Waals surface area contributed by atoms with E-state index in [1.165, 1.54) is 23.3 Å². The highest BCUT2D eigenvalue weighted by Gasteiger charge is 2.20. The molecule has 0 aliphatic rings. The Balaban J connectivity index is 0.000000181. The van der Waals surface area contributed by atoms with Crippen LogP contribution in [0.3, 0.4) is 0 Å². The molecule has 0 radical (unpaired) electrons. The molecule has 0 amide bonds. The Bertz CT molecular complexity index is 2800. The van der Waals surface area contributed by atoms with Gasteiger partial charge < -0.3 is 0 Å². The van der Waals surface area contributed by atoms with E-state index in [2.05, 4.69) is 89.5 Å². The summed E-state index contributed by atoms with van der Waals surface area (Å²) in [5.41, 5.74) is 8.82. The van der Waals surface area contributed by atoms with Crippen molar-refractivity contribution in [2.24, 2.45) is 0 Å². The first-order chi connectivity index (χ1) is 28.7. The predicted molar refractivity (Wildman–Crippen MR) is 242 cm³/mol. The first kappa shape index (κ1) is 40.5. The summed E-state index contributed by atoms with van der Waals surface area (Å²) in [6.07, 6.45) is 0. The third-order valence-corrected chi connectivity index (χ3v) is 10.2. The fraction of sp³-hybridized carbons (Fsp3) is 0.154. The molecule has 0 N–H and O–H groups in total. The molecule has 0 aliphatic carbocycles. The Morgan fingerprint density at radius 3 is 1.12 bits per heavy atom. The Morgan fingerprint density at radius 2 is 0.767 bits per heavy atom. The van der Waals surface area contributed by atoms with Gasteiger partial charge >= 0.3 is 0 Å². The van der Waals surface area contributed by atoms with Gasteiger partial charge in [0, 0.05) is 34.0 Å². The van der Waals surface area contributed by atoms with Crippen molar-refractivity contribution in [3.63, 3.8) is 0 Å². The Kier molecular flexibility index (Phi) is 11.2. The maximum atomic E-state index is 11.6. The zero-order valence-corrected chi connectivity index (χ0v) is 34.4. The number of nitro groups is 2. The van der Waals surface area contributed by atoms with Crippen molar-refractivity contribution in [3.8, 4) is 35.1 Å². The van der Waals surface area contributed by atoms with E-state index in [1.807, 2.05) is 94.1 Å². The van der Waals surface area contributed by atoms with Crippen LogP contribution in [0.15, 0.2) is 158 Å². The van der Waals surface area contributed by atoms with E-state index in [0.29, 0.717) is 22.8 Å². The molecule has 0 saturated carbocycles. The van der Waals surface area contributed by atoms with E-state index in [0.717, 1.165) is 32.9 Å². The number of aromatic nitrogens is 2. The van der Waals surface area contributed by atoms with Gasteiger partial charge in [0.2, 0.25) is 0 Å². The summed E-state index contributed by atoms with van der Waals surface area (Å²) in [6, 6.07) is 49.6. The molecule has 8 nitrogen and oxygen atoms in total. The number of fused-ring (bicyclic) bond motifs is 2. The molecule has 6 aromatic carbocycles. The van der Waals surface area contributed by atoms with Crippen molar-refractivity contribution >= 4 is 33.2 Å². The van der Waals surface area contributed by atoms with E-state index in [1.54, 1.807) is 36.4 Å². The molecule has 0 atom stereocenters. The van der Waals surface area contributed by atoms with E-state index >= 15 is 0 Å². The quantitative estimate of drug-likeness (QED) is 0.101. The van der Waals surface area contributed by atoms with E-state index in [4.69, 9.17) is 0 Å². The second-order valence-electron chi connectivity index (χ2n) is 16.5. The van der Waals surface area contributed by atoms with Gasteiger partial charge in [-0.05, 0) is 94.5 Å². The maximum Gasteiger partial charge on any atom is 0.293 e. The second kappa shape index (κ2) is 16.7. The van der Waals surface area contributed by atoms with Crippen LogP contribution < -0.4 is 0 Å². The van der Waals surface area contributed by atoms with Gasteiger partial charge in [0.1, 0.15) is 11.4 Å². The second-order valence-corrected chi connectivity index (χ2v) is 16.5. The molecule has 0 fully saturated rings. The Labute approximate surface area is 350 Å². The van der Waals surface area contributed by atoms with Crippen molar-refractivity contribution in [3.05, 3.63) is 212 Å². The molecule has 2 aromatic heterocycles. The van der Waals surface area contributed by atoms with Gasteiger partial charge in [-0.1, -0.05) is 138 Å². The van der Waals surface area contributed by atoms with Gasteiger partial charge in [0.05, 0.1) is 32.3 Å². The first-order valence-electron chi connectivity index (χ1n) is 19.6. The number of hydrogen-bond donors (Lipinski definition) is 0. The molecule has 2 heterocycles. The molecule has 0 bridgehead atoms. The number of hydrogen-bond acceptors (Lipinski definition) is 4. The van der Waals surface area contributed by atoms with Crippen molar-refractivity contribution in [2.45, 2.75) is 52.4 Å². The highest BCUT2D eigenvalue weighted by molar-refractivity contribution is 5.86. The van der Waals surface area contributed by atoms with E-state index in [9.17, 15) is 20.2 Å². The molecule has 8 aromatic rings. The zero-order valence-electron chi connectivity index (χ0n) is 34.4. The number of para-hydroxylation sites is 6. The zero-order chi connectivity index (χ0) is 42.6. The van der Waals surface area contributed by atoms with E-state index in [-0.39, 0.29) is 32.1 Å². The average Bonchev–Trinajstić information content (AvgIpc) is 3.80. The minimum absolute atomic E-state index is 0.0523. The van der Waals surface area contributed by atoms with Crippen LogP contribution in [0.5, 0.6) is 0 Å². The standard InChI is InChI=1S/2C26H22N2O2/c2*1-26(2,3)21-15-12-19(13-16-21)14-17-22-18-20-8-4-5-9-23(20)27(22)24-10-6-7-11-25(24)28(29)30/h2*4-13,15-16,18H,1-3H3. The fourth-order valence-electron chi connectivity index (χ4n) is 7.01. The molecule has 60 heavy (non-hydrogen) atoms. The summed E-state index contributed by atoms with van der Waals surface area (Å²) in [6.45, 7) is 13.1. The Morgan fingerprint density at radius 1 is 0.433 bits per heavy atom. The molecule has 8 rings (SSSR count). The molecule has 0 spiro atoms. The molecule has 8 heteroatoms. The summed E-state index contributed by atoms with van der Waals surface area (Å²) < 4.78 is 3.73. The molecule has 0 aliphatic heterocycles. The van der Waals surface area contributed by atoms with Crippen molar-refractivity contribution < 1.29 is 9.85 Å². The van der Waals surface area contributed by atoms with Crippen LogP contribution in [-0.4, -0.2) is 19.0 Å². The third kappa shape index (κ3) is 8.74. The summed E-state index contributed by atoms with van der Waals surface area (Å²) in [7, 11) is 0. The molecule has 0 unspecified atom stereocenters. The number of rotatable bonds is 4. The lowest BCUT2D eigenvalue weighted by molar-refractivity contribution is -0.384. The highest BCUT2D eigenvalue weighted by atomic mass is 16.6. The van der Waals surface area contributed by atoms with E-state index < -0.39 is 0 Å². The van der Waals surface area contributed by atoms with Crippen LogP contribution in [0, 0.1) is 43.9 Å². The molecular formula is C52H44N4O4. The average molecular weight is 789 g/mol. The molecule has 0 saturated heterocycles. The summed E-state index contributed by atoms with van der Waals surface area (Å²) in [5.74, 6) is 12.9. The number of nitro benzene ring substituents is 2. The van der Waals surface area contributed by atoms with Crippen molar-refractivity contribution in [1.82, 2.24) is 9.13 Å². The highest BCUT2D eigenvalue weighted by Crippen LogP contribution is 2.32. The van der Waals surface area contributed by atoms with Gasteiger partial charge in [0.15, 0.2) is 0 Å². The minimum Gasteiger partial charge on any atom is -0.296 e. The fourth-order valence-corrected chi connectivity index (χ4v) is 7.01. The van der Waals surface area contributed by atoms with Gasteiger partial charge in [0.25, 0.3) is 11.4 Å². The summed E-state index contributed by atoms with van der Waals surface area (Å²) in [5, 5.41) is 25.2. The van der Waals surface area contributed by atoms with Crippen LogP contribution in [0.25, 0.3) is 33.2 Å². The number of nitrogens with zero attached hydrogens (tertiary/aromatic N) is 4. The van der Waals surface area contributed by atoms with Crippen LogP contribution in [0.4, 0.5) is 11.4 Å². The minimum atomic E-state index is -0.355. The lowest BCUT2D eigenvalue weighted by Crippen LogP contribution is -2.10. The van der Waals surface area contributed by atoms with Gasteiger partial charge in [-0.2, -0.15) is 0 Å². The monoisotopic (exact) mass is 788 g/mol. The predicted octanol–water partition coefficient (Wildman–Crippen LogP) is 12.5. The van der Waals surface area contributed by atoms with Crippen molar-refractivity contribution in [2.75, 3.05) is 0 Å². The summed E-state index contributed by atoms with van der Waals surface area (Å²) in [4.78, 5) is 22.5. The molecule has 296 valence electrons. The van der Waals surface area contributed by atoms with Crippen LogP contribution >= 0.6 is 0 Å². The van der Waals surface area contributed by atoms with Crippen molar-refractivity contribution in [1.29, 1.82) is 0 Å². The normalized spacial score (nSPS) is 11.2. The topological polar surface area (TPSA) is 96.1 Å². The third-order valence-electron chi connectivity index (χ3n) is 10.2. The lowest BCUT2D eigenvalue weighted by Gasteiger charge is -2.18. The van der Waals surface area contributed by atoms with Crippen LogP contribution in [0.1, 0.15) is 75.2 Å². The first-order valence-corrected chi connectivity index (χ1v) is 19.6. The maximum absolute atomic E-state index is 11.6. The lowest BCUT2D eigenvalue weighted by atomic mass is 9.87. The largest absolute Gasteiger partial charge is 0.296 e. The van der Waals surface area contributed by atoms with Crippen LogP contribution in [-0.2, 0) is 10.8 Å². The van der Waals surface area contributed by atoms with Crippen LogP contribution in [0.2, 0.25) is 0 Å². The number of benzene rings is 6. The smallest absolute Gasteiger partial charge is 0.293 e. The Hall–Kier alpha value is -7.68. The SMILES string of the molecule is CC(C)(C)c1ccc(C#Cc2cc3ccccc3n2-c2ccccc2[N+](=O)[O-])cc1.CC(C)(C)c1ccc(C#Cc2cc3ccccc3n2-c2ccccc2[N+](=O)[O-])cc1. The van der Waals surface area contributed by atoms with Gasteiger partial charge in [-0.15, -0.1) is 0 Å². The van der Waals surface area contributed by atoms with Gasteiger partial charge in [-0.25, -0.2) is 0 Å². The van der Waals surface area contributed by atoms with Gasteiger partial charge in [-0.3, -0.25) is 29.4 Å². The molecular weight excluding hydrogens is 745 g/mol.